The highest BCUT2D eigenvalue weighted by Gasteiger charge is 2.38. The van der Waals surface area contributed by atoms with Gasteiger partial charge in [-0.3, -0.25) is 4.79 Å². The first kappa shape index (κ1) is 30.3. The maximum absolute atomic E-state index is 13.4. The van der Waals surface area contributed by atoms with Crippen molar-refractivity contribution in [3.63, 3.8) is 0 Å². The summed E-state index contributed by atoms with van der Waals surface area (Å²) in [6, 6.07) is 23.0. The number of hydrogen-bond acceptors (Lipinski definition) is 6. The number of hydrogen-bond donors (Lipinski definition) is 3. The molecule has 13 heteroatoms. The SMILES string of the molecule is O=C(O)C(F)(F)F.O=C(O)CC(c1ccc(F)cc1)c1cccc(Oc2ccc(CNc3ccccn3)cc2)[n+]1[O-]. The van der Waals surface area contributed by atoms with Gasteiger partial charge in [-0.1, -0.05) is 30.3 Å². The van der Waals surface area contributed by atoms with E-state index in [1.807, 2.05) is 30.3 Å². The Bertz CT molecular complexity index is 1450. The van der Waals surface area contributed by atoms with Gasteiger partial charge in [0.2, 0.25) is 5.69 Å². The van der Waals surface area contributed by atoms with Gasteiger partial charge in [-0.2, -0.15) is 13.2 Å². The molecule has 1 atom stereocenters. The van der Waals surface area contributed by atoms with E-state index in [0.717, 1.165) is 11.4 Å². The summed E-state index contributed by atoms with van der Waals surface area (Å²) in [6.07, 6.45) is -3.70. The number of ether oxygens (including phenoxy) is 1. The van der Waals surface area contributed by atoms with E-state index in [-0.39, 0.29) is 18.0 Å². The van der Waals surface area contributed by atoms with Crippen LogP contribution >= 0.6 is 0 Å². The number of anilines is 1. The van der Waals surface area contributed by atoms with Crippen LogP contribution in [0.1, 0.15) is 29.2 Å². The largest absolute Gasteiger partial charge is 0.616 e. The Kier molecular flexibility index (Phi) is 10.2. The van der Waals surface area contributed by atoms with Gasteiger partial charge in [0, 0.05) is 18.8 Å². The Labute approximate surface area is 230 Å². The van der Waals surface area contributed by atoms with Gasteiger partial charge in [-0.15, -0.1) is 4.73 Å². The molecule has 0 bridgehead atoms. The summed E-state index contributed by atoms with van der Waals surface area (Å²) in [6.45, 7) is 0.572. The number of carboxylic acid groups (broad SMARTS) is 2. The Morgan fingerprint density at radius 2 is 1.61 bits per heavy atom. The Hall–Kier alpha value is -5.20. The summed E-state index contributed by atoms with van der Waals surface area (Å²) in [5, 5.41) is 32.8. The molecule has 41 heavy (non-hydrogen) atoms. The summed E-state index contributed by atoms with van der Waals surface area (Å²) in [7, 11) is 0. The van der Waals surface area contributed by atoms with E-state index in [2.05, 4.69) is 10.3 Å². The molecule has 4 aromatic rings. The normalized spacial score (nSPS) is 11.5. The molecule has 2 aromatic heterocycles. The van der Waals surface area contributed by atoms with Crippen LogP contribution in [0.5, 0.6) is 11.6 Å². The number of carboxylic acids is 2. The van der Waals surface area contributed by atoms with E-state index < -0.39 is 29.9 Å². The van der Waals surface area contributed by atoms with Crippen LogP contribution in [0.15, 0.2) is 91.1 Å². The second-order valence-electron chi connectivity index (χ2n) is 8.40. The van der Waals surface area contributed by atoms with Crippen LogP contribution in [0.3, 0.4) is 0 Å². The van der Waals surface area contributed by atoms with Gasteiger partial charge >= 0.3 is 24.0 Å². The number of rotatable bonds is 9. The maximum Gasteiger partial charge on any atom is 0.490 e. The number of pyridine rings is 2. The van der Waals surface area contributed by atoms with Crippen molar-refractivity contribution in [3.05, 3.63) is 119 Å². The molecule has 3 N–H and O–H groups in total. The standard InChI is InChI=1S/C26H22FN3O4.C2HF3O2/c27-20-11-9-19(10-12-20)22(16-26(31)32)23-4-3-6-25(30(23)33)34-21-13-7-18(8-14-21)17-29-24-5-1-2-15-28-24;3-2(4,5)1(6)7/h1-15,22H,16-17H2,(H,28,29)(H,31,32);(H,6,7). The predicted octanol–water partition coefficient (Wildman–Crippen LogP) is 5.50. The van der Waals surface area contributed by atoms with Crippen LogP contribution in [-0.4, -0.2) is 33.3 Å². The molecule has 0 saturated carbocycles. The molecule has 0 radical (unpaired) electrons. The highest BCUT2D eigenvalue weighted by molar-refractivity contribution is 5.73. The van der Waals surface area contributed by atoms with Gasteiger partial charge in [0.15, 0.2) is 0 Å². The van der Waals surface area contributed by atoms with Gasteiger partial charge in [0.25, 0.3) is 0 Å². The minimum absolute atomic E-state index is 0.00867. The maximum atomic E-state index is 13.4. The molecular formula is C28H23F4N3O6. The highest BCUT2D eigenvalue weighted by atomic mass is 19.4. The van der Waals surface area contributed by atoms with E-state index in [4.69, 9.17) is 14.6 Å². The number of nitrogens with zero attached hydrogens (tertiary/aromatic N) is 2. The van der Waals surface area contributed by atoms with Gasteiger partial charge < -0.3 is 25.5 Å². The lowest BCUT2D eigenvalue weighted by molar-refractivity contribution is -0.620. The molecule has 0 aliphatic carbocycles. The molecule has 4 rings (SSSR count). The lowest BCUT2D eigenvalue weighted by Crippen LogP contribution is -2.35. The van der Waals surface area contributed by atoms with Crippen molar-refractivity contribution in [1.29, 1.82) is 0 Å². The van der Waals surface area contributed by atoms with Crippen molar-refractivity contribution < 1.29 is 46.8 Å². The van der Waals surface area contributed by atoms with Crippen molar-refractivity contribution in [3.8, 4) is 11.6 Å². The zero-order chi connectivity index (χ0) is 30.0. The number of alkyl halides is 3. The molecule has 214 valence electrons. The van der Waals surface area contributed by atoms with Crippen molar-refractivity contribution in [1.82, 2.24) is 4.98 Å². The van der Waals surface area contributed by atoms with Gasteiger partial charge in [-0.05, 0) is 53.6 Å². The number of halogens is 4. The van der Waals surface area contributed by atoms with Crippen molar-refractivity contribution >= 4 is 17.8 Å². The molecule has 1 unspecified atom stereocenters. The van der Waals surface area contributed by atoms with Crippen LogP contribution in [0.4, 0.5) is 23.4 Å². The number of nitrogens with one attached hydrogen (secondary N) is 1. The third-order valence-corrected chi connectivity index (χ3v) is 5.48. The first-order valence-electron chi connectivity index (χ1n) is 11.9. The minimum atomic E-state index is -5.08. The molecule has 0 amide bonds. The van der Waals surface area contributed by atoms with Crippen molar-refractivity contribution in [2.45, 2.75) is 25.1 Å². The van der Waals surface area contributed by atoms with Gasteiger partial charge in [0.05, 0.1) is 18.4 Å². The quantitative estimate of drug-likeness (QED) is 0.136. The Morgan fingerprint density at radius 3 is 2.17 bits per heavy atom. The summed E-state index contributed by atoms with van der Waals surface area (Å²) in [5.74, 6) is -3.80. The first-order valence-corrected chi connectivity index (χ1v) is 11.9. The summed E-state index contributed by atoms with van der Waals surface area (Å²) < 4.78 is 51.5. The monoisotopic (exact) mass is 573 g/mol. The first-order chi connectivity index (χ1) is 19.4. The van der Waals surface area contributed by atoms with Crippen LogP contribution < -0.4 is 14.8 Å². The number of benzene rings is 2. The van der Waals surface area contributed by atoms with E-state index in [9.17, 15) is 32.7 Å². The number of carbonyl (C=O) groups is 2. The molecule has 0 spiro atoms. The van der Waals surface area contributed by atoms with E-state index in [0.29, 0.717) is 22.6 Å². The highest BCUT2D eigenvalue weighted by Crippen LogP contribution is 2.28. The van der Waals surface area contributed by atoms with Crippen LogP contribution in [0, 0.1) is 11.0 Å². The van der Waals surface area contributed by atoms with Crippen molar-refractivity contribution in [2.24, 2.45) is 0 Å². The molecule has 0 fully saturated rings. The summed E-state index contributed by atoms with van der Waals surface area (Å²) in [5.41, 5.74) is 1.72. The molecule has 0 aliphatic rings. The molecule has 0 saturated heterocycles. The average Bonchev–Trinajstić information content (AvgIpc) is 2.93. The number of aliphatic carboxylic acids is 2. The van der Waals surface area contributed by atoms with Gasteiger partial charge in [-0.25, -0.2) is 14.2 Å². The topological polar surface area (TPSA) is 136 Å². The Morgan fingerprint density at radius 1 is 0.951 bits per heavy atom. The molecule has 0 aliphatic heterocycles. The summed E-state index contributed by atoms with van der Waals surface area (Å²) >= 11 is 0. The van der Waals surface area contributed by atoms with Crippen LogP contribution in [-0.2, 0) is 16.1 Å². The third kappa shape index (κ3) is 9.20. The molecule has 9 nitrogen and oxygen atoms in total. The van der Waals surface area contributed by atoms with E-state index >= 15 is 0 Å². The predicted molar refractivity (Wildman–Crippen MR) is 138 cm³/mol. The lowest BCUT2D eigenvalue weighted by atomic mass is 9.92. The zero-order valence-electron chi connectivity index (χ0n) is 21.1. The van der Waals surface area contributed by atoms with Gasteiger partial charge in [0.1, 0.15) is 17.4 Å². The van der Waals surface area contributed by atoms with Crippen LogP contribution in [0.2, 0.25) is 0 Å². The zero-order valence-corrected chi connectivity index (χ0v) is 21.1. The van der Waals surface area contributed by atoms with Crippen LogP contribution in [0.25, 0.3) is 0 Å². The lowest BCUT2D eigenvalue weighted by Gasteiger charge is -2.17. The molecule has 2 aromatic carbocycles. The average molecular weight is 573 g/mol. The van der Waals surface area contributed by atoms with E-state index in [1.54, 1.807) is 30.5 Å². The smallest absolute Gasteiger partial charge is 0.490 e. The fraction of sp³-hybridized carbons (Fsp3) is 0.143. The molecule has 2 heterocycles. The molecular weight excluding hydrogens is 550 g/mol. The fourth-order valence-electron chi connectivity index (χ4n) is 3.54. The van der Waals surface area contributed by atoms with E-state index in [1.165, 1.54) is 30.3 Å². The Balaban J connectivity index is 0.000000587. The minimum Gasteiger partial charge on any atom is -0.616 e. The van der Waals surface area contributed by atoms with Crippen molar-refractivity contribution in [2.75, 3.05) is 5.32 Å². The second kappa shape index (κ2) is 13.7. The second-order valence-corrected chi connectivity index (χ2v) is 8.40. The third-order valence-electron chi connectivity index (χ3n) is 5.48. The number of aromatic nitrogens is 2. The summed E-state index contributed by atoms with van der Waals surface area (Å²) in [4.78, 5) is 24.6. The fourth-order valence-corrected chi connectivity index (χ4v) is 3.54.